The summed E-state index contributed by atoms with van der Waals surface area (Å²) in [5.41, 5.74) is 0. The van der Waals surface area contributed by atoms with Gasteiger partial charge in [0.05, 0.1) is 0 Å². The van der Waals surface area contributed by atoms with Crippen molar-refractivity contribution >= 4 is 24.8 Å². The molecule has 0 saturated heterocycles. The van der Waals surface area contributed by atoms with Gasteiger partial charge in [0.2, 0.25) is 0 Å². The molecular weight excluding hydrogens is 271 g/mol. The van der Waals surface area contributed by atoms with Crippen LogP contribution in [-0.2, 0) is 48.3 Å². The average molecular weight is 287 g/mol. The Morgan fingerprint density at radius 1 is 0.917 bits per heavy atom. The van der Waals surface area contributed by atoms with Crippen molar-refractivity contribution in [3.05, 3.63) is 0 Å². The fourth-order valence-corrected chi connectivity index (χ4v) is 1.36. The predicted molar refractivity (Wildman–Crippen MR) is 47.0 cm³/mol. The fourth-order valence-electron chi connectivity index (χ4n) is 0.329. The van der Waals surface area contributed by atoms with Crippen molar-refractivity contribution in [2.75, 3.05) is 13.2 Å². The molecule has 0 aliphatic carbocycles. The van der Waals surface area contributed by atoms with Crippen LogP contribution in [0.15, 0.2) is 0 Å². The molecular formula is C6H16Cl2O2Ti2. The fraction of sp³-hybridized carbons (Fsp3) is 1.00. The van der Waals surface area contributed by atoms with Crippen molar-refractivity contribution in [2.45, 2.75) is 26.7 Å². The van der Waals surface area contributed by atoms with Crippen LogP contribution in [-0.4, -0.2) is 13.2 Å². The summed E-state index contributed by atoms with van der Waals surface area (Å²) >= 11 is -0.504. The van der Waals surface area contributed by atoms with E-state index in [0.717, 1.165) is 26.1 Å². The molecule has 0 heterocycles. The van der Waals surface area contributed by atoms with Crippen molar-refractivity contribution in [2.24, 2.45) is 0 Å². The smallest absolute Gasteiger partial charge is 0 e. The summed E-state index contributed by atoms with van der Waals surface area (Å²) < 4.78 is 10.4. The van der Waals surface area contributed by atoms with E-state index in [-0.39, 0.29) is 46.5 Å². The largest absolute Gasteiger partial charge is 0.147 e. The Bertz CT molecular complexity index is 54.8. The number of hydrogen-bond donors (Lipinski definition) is 0. The van der Waals surface area contributed by atoms with E-state index >= 15 is 0 Å². The van der Waals surface area contributed by atoms with E-state index in [1.54, 1.807) is 0 Å². The van der Waals surface area contributed by atoms with E-state index in [9.17, 15) is 0 Å². The summed E-state index contributed by atoms with van der Waals surface area (Å²) in [7, 11) is 0. The summed E-state index contributed by atoms with van der Waals surface area (Å²) in [5, 5.41) is 0. The zero-order valence-corrected chi connectivity index (χ0v) is 12.2. The first-order chi connectivity index (χ1) is 4.41. The van der Waals surface area contributed by atoms with E-state index in [1.807, 2.05) is 0 Å². The van der Waals surface area contributed by atoms with E-state index in [4.69, 9.17) is 6.64 Å². The molecule has 0 amide bonds. The Morgan fingerprint density at radius 2 is 1.25 bits per heavy atom. The molecule has 74 valence electrons. The average Bonchev–Trinajstić information content (AvgIpc) is 1.89. The van der Waals surface area contributed by atoms with E-state index < -0.39 is 19.9 Å². The molecule has 0 atom stereocenters. The molecule has 0 bridgehead atoms. The van der Waals surface area contributed by atoms with Crippen molar-refractivity contribution in [1.29, 1.82) is 0 Å². The normalized spacial score (nSPS) is 7.17. The SMILES string of the molecule is CCC[O][Ti][O]CCC.Cl.Cl.[Ti]. The molecule has 0 aromatic carbocycles. The van der Waals surface area contributed by atoms with E-state index in [1.165, 1.54) is 0 Å². The number of hydrogen-bond acceptors (Lipinski definition) is 2. The van der Waals surface area contributed by atoms with Gasteiger partial charge in [-0.05, 0) is 0 Å². The van der Waals surface area contributed by atoms with Crippen LogP contribution in [0.5, 0.6) is 0 Å². The molecule has 12 heavy (non-hydrogen) atoms. The van der Waals surface area contributed by atoms with Gasteiger partial charge in [0, 0.05) is 21.7 Å². The summed E-state index contributed by atoms with van der Waals surface area (Å²) in [5.74, 6) is 0. The predicted octanol–water partition coefficient (Wildman–Crippen LogP) is 2.59. The first kappa shape index (κ1) is 23.6. The van der Waals surface area contributed by atoms with Gasteiger partial charge >= 0.3 is 66.5 Å². The molecule has 2 nitrogen and oxygen atoms in total. The maximum Gasteiger partial charge on any atom is 0 e. The van der Waals surface area contributed by atoms with Crippen molar-refractivity contribution in [3.63, 3.8) is 0 Å². The molecule has 0 saturated carbocycles. The first-order valence-corrected chi connectivity index (χ1v) is 4.67. The first-order valence-electron chi connectivity index (χ1n) is 3.40. The second kappa shape index (κ2) is 23.1. The minimum absolute atomic E-state index is 0. The molecule has 0 fully saturated rings. The van der Waals surface area contributed by atoms with Gasteiger partial charge in [-0.25, -0.2) is 0 Å². The minimum atomic E-state index is -0.504. The van der Waals surface area contributed by atoms with Crippen LogP contribution < -0.4 is 0 Å². The second-order valence-electron chi connectivity index (χ2n) is 1.78. The van der Waals surface area contributed by atoms with Crippen molar-refractivity contribution in [3.8, 4) is 0 Å². The molecule has 0 rings (SSSR count). The third-order valence-electron chi connectivity index (χ3n) is 0.730. The van der Waals surface area contributed by atoms with Gasteiger partial charge in [0.1, 0.15) is 0 Å². The van der Waals surface area contributed by atoms with E-state index in [2.05, 4.69) is 13.8 Å². The standard InChI is InChI=1S/2C3H7O.2ClH.2Ti/c2*1-2-3-4;;;;/h2*2-3H2,1H3;2*1H;;/q2*-1;;;;+2. The van der Waals surface area contributed by atoms with Gasteiger partial charge < -0.3 is 0 Å². The van der Waals surface area contributed by atoms with Gasteiger partial charge in [0.25, 0.3) is 0 Å². The van der Waals surface area contributed by atoms with Crippen LogP contribution in [0.1, 0.15) is 26.7 Å². The molecule has 0 N–H and O–H groups in total. The Balaban J connectivity index is -0.000000107. The summed E-state index contributed by atoms with van der Waals surface area (Å²) in [6.07, 6.45) is 2.19. The molecule has 0 radical (unpaired) electrons. The Kier molecular flexibility index (Phi) is 45.4. The van der Waals surface area contributed by atoms with Crippen molar-refractivity contribution < 1.29 is 48.3 Å². The van der Waals surface area contributed by atoms with Gasteiger partial charge in [-0.15, -0.1) is 24.8 Å². The Labute approximate surface area is 112 Å². The summed E-state index contributed by atoms with van der Waals surface area (Å²) in [4.78, 5) is 0. The van der Waals surface area contributed by atoms with Gasteiger partial charge in [-0.1, -0.05) is 0 Å². The van der Waals surface area contributed by atoms with Crippen LogP contribution in [0.25, 0.3) is 0 Å². The summed E-state index contributed by atoms with van der Waals surface area (Å²) in [6, 6.07) is 0. The zero-order chi connectivity index (χ0) is 6.95. The second-order valence-corrected chi connectivity index (χ2v) is 2.94. The van der Waals surface area contributed by atoms with Gasteiger partial charge in [-0.2, -0.15) is 0 Å². The van der Waals surface area contributed by atoms with Crippen LogP contribution in [0.3, 0.4) is 0 Å². The Morgan fingerprint density at radius 3 is 1.50 bits per heavy atom. The molecule has 0 spiro atoms. The zero-order valence-electron chi connectivity index (χ0n) is 7.46. The minimum Gasteiger partial charge on any atom is -0.147 e. The Hall–Kier alpha value is 1.93. The van der Waals surface area contributed by atoms with Crippen LogP contribution in [0.4, 0.5) is 0 Å². The monoisotopic (exact) mass is 286 g/mol. The molecule has 0 aromatic rings. The van der Waals surface area contributed by atoms with Gasteiger partial charge in [0.15, 0.2) is 0 Å². The van der Waals surface area contributed by atoms with Crippen molar-refractivity contribution in [1.82, 2.24) is 0 Å². The molecule has 6 heteroatoms. The van der Waals surface area contributed by atoms with Crippen LogP contribution in [0, 0.1) is 0 Å². The molecule has 0 aliphatic rings. The quantitative estimate of drug-likeness (QED) is 0.552. The van der Waals surface area contributed by atoms with Crippen LogP contribution >= 0.6 is 24.8 Å². The third kappa shape index (κ3) is 22.7. The molecule has 0 unspecified atom stereocenters. The van der Waals surface area contributed by atoms with Crippen LogP contribution in [0.2, 0.25) is 0 Å². The van der Waals surface area contributed by atoms with E-state index in [0.29, 0.717) is 0 Å². The topological polar surface area (TPSA) is 18.5 Å². The molecule has 0 aliphatic heterocycles. The molecule has 0 aromatic heterocycles. The van der Waals surface area contributed by atoms with Gasteiger partial charge in [-0.3, -0.25) is 0 Å². The number of rotatable bonds is 6. The maximum absolute atomic E-state index is 5.19. The maximum atomic E-state index is 5.19. The number of halogens is 2. The third-order valence-corrected chi connectivity index (χ3v) is 1.74. The summed E-state index contributed by atoms with van der Waals surface area (Å²) in [6.45, 7) is 5.94.